The van der Waals surface area contributed by atoms with Gasteiger partial charge in [0.05, 0.1) is 13.1 Å². The number of hydrogen-bond acceptors (Lipinski definition) is 5. The Bertz CT molecular complexity index is 570. The van der Waals surface area contributed by atoms with E-state index in [9.17, 15) is 9.18 Å². The lowest BCUT2D eigenvalue weighted by atomic mass is 10.1. The normalized spacial score (nSPS) is 10.4. The van der Waals surface area contributed by atoms with Crippen LogP contribution in [0.15, 0.2) is 28.8 Å². The number of amides is 1. The van der Waals surface area contributed by atoms with Crippen LogP contribution in [0.5, 0.6) is 0 Å². The first-order valence-electron chi connectivity index (χ1n) is 5.70. The molecule has 3 N–H and O–H groups in total. The van der Waals surface area contributed by atoms with Crippen molar-refractivity contribution in [3.05, 3.63) is 47.4 Å². The molecule has 0 atom stereocenters. The summed E-state index contributed by atoms with van der Waals surface area (Å²) in [7, 11) is 0. The third-order valence-corrected chi connectivity index (χ3v) is 2.38. The van der Waals surface area contributed by atoms with E-state index in [2.05, 4.69) is 15.5 Å². The van der Waals surface area contributed by atoms with Crippen LogP contribution in [0, 0.1) is 5.82 Å². The van der Waals surface area contributed by atoms with Crippen LogP contribution in [-0.2, 0) is 17.8 Å². The summed E-state index contributed by atoms with van der Waals surface area (Å²) in [6.07, 6.45) is 0.367. The predicted octanol–water partition coefficient (Wildman–Crippen LogP) is 0.374. The van der Waals surface area contributed by atoms with Gasteiger partial charge in [0.1, 0.15) is 5.82 Å². The SMILES string of the molecule is NCC(=O)NCc1nc(Cc2cccc(F)c2)no1. The third-order valence-electron chi connectivity index (χ3n) is 2.38. The second-order valence-electron chi connectivity index (χ2n) is 3.89. The van der Waals surface area contributed by atoms with Crippen molar-refractivity contribution in [1.82, 2.24) is 15.5 Å². The fourth-order valence-corrected chi connectivity index (χ4v) is 1.51. The first kappa shape index (κ1) is 13.2. The molecule has 1 heterocycles. The van der Waals surface area contributed by atoms with Gasteiger partial charge in [0.25, 0.3) is 0 Å². The number of nitrogens with zero attached hydrogens (tertiary/aromatic N) is 2. The number of halogens is 1. The Kier molecular flexibility index (Phi) is 4.19. The van der Waals surface area contributed by atoms with Gasteiger partial charge >= 0.3 is 0 Å². The summed E-state index contributed by atoms with van der Waals surface area (Å²) in [5, 5.41) is 6.27. The Morgan fingerprint density at radius 1 is 1.47 bits per heavy atom. The Hall–Kier alpha value is -2.28. The van der Waals surface area contributed by atoms with E-state index in [1.54, 1.807) is 12.1 Å². The quantitative estimate of drug-likeness (QED) is 0.814. The molecule has 0 aliphatic heterocycles. The van der Waals surface area contributed by atoms with Crippen molar-refractivity contribution in [3.63, 3.8) is 0 Å². The highest BCUT2D eigenvalue weighted by atomic mass is 19.1. The van der Waals surface area contributed by atoms with Crippen molar-refractivity contribution in [2.75, 3.05) is 6.54 Å². The van der Waals surface area contributed by atoms with E-state index in [0.29, 0.717) is 12.2 Å². The van der Waals surface area contributed by atoms with Gasteiger partial charge in [-0.1, -0.05) is 17.3 Å². The summed E-state index contributed by atoms with van der Waals surface area (Å²) < 4.78 is 18.0. The molecule has 0 radical (unpaired) electrons. The van der Waals surface area contributed by atoms with Crippen molar-refractivity contribution in [3.8, 4) is 0 Å². The van der Waals surface area contributed by atoms with Crippen molar-refractivity contribution in [2.45, 2.75) is 13.0 Å². The van der Waals surface area contributed by atoms with Gasteiger partial charge in [0.2, 0.25) is 11.8 Å². The largest absolute Gasteiger partial charge is 0.346 e. The van der Waals surface area contributed by atoms with Gasteiger partial charge in [-0.3, -0.25) is 4.79 Å². The topological polar surface area (TPSA) is 94.0 Å². The van der Waals surface area contributed by atoms with Gasteiger partial charge in [-0.25, -0.2) is 4.39 Å². The Balaban J connectivity index is 1.95. The molecule has 0 saturated heterocycles. The summed E-state index contributed by atoms with van der Waals surface area (Å²) >= 11 is 0. The maximum atomic E-state index is 13.0. The third kappa shape index (κ3) is 3.85. The minimum absolute atomic E-state index is 0.0930. The Morgan fingerprint density at radius 3 is 3.05 bits per heavy atom. The van der Waals surface area contributed by atoms with Crippen molar-refractivity contribution >= 4 is 5.91 Å². The van der Waals surface area contributed by atoms with Crippen molar-refractivity contribution < 1.29 is 13.7 Å². The molecule has 0 aliphatic rings. The highest BCUT2D eigenvalue weighted by Gasteiger charge is 2.08. The van der Waals surface area contributed by atoms with E-state index < -0.39 is 0 Å². The molecule has 1 amide bonds. The highest BCUT2D eigenvalue weighted by molar-refractivity contribution is 5.77. The summed E-state index contributed by atoms with van der Waals surface area (Å²) in [6.45, 7) is 0.0382. The van der Waals surface area contributed by atoms with Crippen LogP contribution in [0.25, 0.3) is 0 Å². The van der Waals surface area contributed by atoms with Gasteiger partial charge < -0.3 is 15.6 Å². The van der Waals surface area contributed by atoms with Crippen LogP contribution >= 0.6 is 0 Å². The second kappa shape index (κ2) is 6.05. The van der Waals surface area contributed by atoms with Gasteiger partial charge in [-0.15, -0.1) is 0 Å². The zero-order valence-electron chi connectivity index (χ0n) is 10.1. The van der Waals surface area contributed by atoms with Gasteiger partial charge in [0, 0.05) is 6.42 Å². The van der Waals surface area contributed by atoms with Crippen LogP contribution in [0.1, 0.15) is 17.3 Å². The highest BCUT2D eigenvalue weighted by Crippen LogP contribution is 2.08. The smallest absolute Gasteiger partial charge is 0.246 e. The van der Waals surface area contributed by atoms with E-state index in [-0.39, 0.29) is 30.7 Å². The number of carbonyl (C=O) groups is 1. The molecule has 2 aromatic rings. The average Bonchev–Trinajstić information content (AvgIpc) is 2.83. The molecule has 7 heteroatoms. The van der Waals surface area contributed by atoms with Crippen molar-refractivity contribution in [1.29, 1.82) is 0 Å². The zero-order chi connectivity index (χ0) is 13.7. The number of nitrogens with one attached hydrogen (secondary N) is 1. The molecule has 6 nitrogen and oxygen atoms in total. The van der Waals surface area contributed by atoms with Crippen molar-refractivity contribution in [2.24, 2.45) is 5.73 Å². The number of aromatic nitrogens is 2. The first-order chi connectivity index (χ1) is 9.17. The molecule has 0 bridgehead atoms. The van der Waals surface area contributed by atoms with E-state index in [4.69, 9.17) is 10.3 Å². The second-order valence-corrected chi connectivity index (χ2v) is 3.89. The molecule has 0 saturated carbocycles. The van der Waals surface area contributed by atoms with E-state index in [0.717, 1.165) is 5.56 Å². The minimum Gasteiger partial charge on any atom is -0.346 e. The molecule has 0 fully saturated rings. The zero-order valence-corrected chi connectivity index (χ0v) is 10.1. The van der Waals surface area contributed by atoms with Crippen LogP contribution in [0.4, 0.5) is 4.39 Å². The fourth-order valence-electron chi connectivity index (χ4n) is 1.51. The molecule has 1 aromatic heterocycles. The molecule has 1 aromatic carbocycles. The molecule has 0 spiro atoms. The number of carbonyl (C=O) groups excluding carboxylic acids is 1. The maximum Gasteiger partial charge on any atom is 0.246 e. The summed E-state index contributed by atoms with van der Waals surface area (Å²) in [6, 6.07) is 6.17. The number of rotatable bonds is 5. The lowest BCUT2D eigenvalue weighted by Gasteiger charge is -1.97. The minimum atomic E-state index is -0.309. The van der Waals surface area contributed by atoms with Gasteiger partial charge in [-0.05, 0) is 17.7 Å². The molecule has 0 aliphatic carbocycles. The molecule has 0 unspecified atom stereocenters. The summed E-state index contributed by atoms with van der Waals surface area (Å²) in [4.78, 5) is 15.0. The first-order valence-corrected chi connectivity index (χ1v) is 5.70. The van der Waals surface area contributed by atoms with Gasteiger partial charge in [-0.2, -0.15) is 4.98 Å². The maximum absolute atomic E-state index is 13.0. The average molecular weight is 264 g/mol. The van der Waals surface area contributed by atoms with E-state index in [1.165, 1.54) is 12.1 Å². The molecule has 100 valence electrons. The molecular formula is C12H13FN4O2. The summed E-state index contributed by atoms with van der Waals surface area (Å²) in [5.41, 5.74) is 5.89. The van der Waals surface area contributed by atoms with Crippen LogP contribution in [0.3, 0.4) is 0 Å². The fraction of sp³-hybridized carbons (Fsp3) is 0.250. The lowest BCUT2D eigenvalue weighted by Crippen LogP contribution is -2.29. The standard InChI is InChI=1S/C12H13FN4O2/c13-9-3-1-2-8(4-9)5-10-16-12(19-17-10)7-15-11(18)6-14/h1-4H,5-7,14H2,(H,15,18). The molecule has 2 rings (SSSR count). The molecular weight excluding hydrogens is 251 g/mol. The number of hydrogen-bond donors (Lipinski definition) is 2. The van der Waals surface area contributed by atoms with Crippen LogP contribution < -0.4 is 11.1 Å². The summed E-state index contributed by atoms with van der Waals surface area (Å²) in [5.74, 6) is 0.108. The number of benzene rings is 1. The molecule has 19 heavy (non-hydrogen) atoms. The Morgan fingerprint density at radius 2 is 2.32 bits per heavy atom. The number of nitrogens with two attached hydrogens (primary N) is 1. The van der Waals surface area contributed by atoms with Crippen LogP contribution in [0.2, 0.25) is 0 Å². The van der Waals surface area contributed by atoms with E-state index in [1.807, 2.05) is 0 Å². The monoisotopic (exact) mass is 264 g/mol. The van der Waals surface area contributed by atoms with Gasteiger partial charge in [0.15, 0.2) is 5.82 Å². The lowest BCUT2D eigenvalue weighted by molar-refractivity contribution is -0.120. The Labute approximate surface area is 108 Å². The van der Waals surface area contributed by atoms with E-state index >= 15 is 0 Å². The predicted molar refractivity (Wildman–Crippen MR) is 64.4 cm³/mol. The van der Waals surface area contributed by atoms with Crippen LogP contribution in [-0.4, -0.2) is 22.6 Å².